The molecule has 0 spiro atoms. The van der Waals surface area contributed by atoms with Gasteiger partial charge in [-0.2, -0.15) is 4.99 Å². The molecule has 6 aliphatic rings. The summed E-state index contributed by atoms with van der Waals surface area (Å²) in [7, 11) is 0. The van der Waals surface area contributed by atoms with Crippen molar-refractivity contribution in [2.24, 2.45) is 22.7 Å². The van der Waals surface area contributed by atoms with Crippen molar-refractivity contribution in [1.29, 1.82) is 0 Å². The molecule has 2 aliphatic heterocycles. The Bertz CT molecular complexity index is 1350. The molecule has 2 aromatic rings. The van der Waals surface area contributed by atoms with Gasteiger partial charge in [0.05, 0.1) is 17.1 Å². The summed E-state index contributed by atoms with van der Waals surface area (Å²) < 4.78 is 5.53. The zero-order valence-corrected chi connectivity index (χ0v) is 23.5. The number of hydrogen-bond acceptors (Lipinski definition) is 5. The SMILES string of the molecule is CCOC(=O)c1ccc(-c2cccc(/C=C3\SC(N4CCCC4)=NC3=O)c2)cc1C12CC3CC(CC(C3)C1)C2. The number of likely N-dealkylation sites (tertiary alicyclic amines) is 1. The molecular weight excluding hydrogens is 504 g/mol. The quantitative estimate of drug-likeness (QED) is 0.300. The van der Waals surface area contributed by atoms with Crippen molar-refractivity contribution in [2.45, 2.75) is 63.7 Å². The number of amides is 1. The van der Waals surface area contributed by atoms with Crippen LogP contribution in [-0.2, 0) is 14.9 Å². The first-order valence-electron chi connectivity index (χ1n) is 14.7. The second-order valence-corrected chi connectivity index (χ2v) is 13.3. The molecular formula is C33H36N2O3S. The number of carbonyl (C=O) groups excluding carboxylic acids is 2. The highest BCUT2D eigenvalue weighted by atomic mass is 32.2. The van der Waals surface area contributed by atoms with Gasteiger partial charge in [-0.1, -0.05) is 24.3 Å². The summed E-state index contributed by atoms with van der Waals surface area (Å²) >= 11 is 1.49. The maximum Gasteiger partial charge on any atom is 0.338 e. The van der Waals surface area contributed by atoms with Crippen LogP contribution in [0.15, 0.2) is 52.4 Å². The number of rotatable bonds is 5. The Hall–Kier alpha value is -2.86. The minimum absolute atomic E-state index is 0.0860. The van der Waals surface area contributed by atoms with Crippen LogP contribution >= 0.6 is 11.8 Å². The number of amidine groups is 1. The van der Waals surface area contributed by atoms with Crippen LogP contribution < -0.4 is 0 Å². The maximum absolute atomic E-state index is 13.1. The molecule has 202 valence electrons. The fraction of sp³-hybridized carbons (Fsp3) is 0.485. The summed E-state index contributed by atoms with van der Waals surface area (Å²) in [6, 6.07) is 14.7. The van der Waals surface area contributed by atoms with E-state index < -0.39 is 0 Å². The van der Waals surface area contributed by atoms with Crippen LogP contribution in [0.2, 0.25) is 0 Å². The van der Waals surface area contributed by atoms with Gasteiger partial charge in [0.25, 0.3) is 5.91 Å². The van der Waals surface area contributed by atoms with Crippen molar-refractivity contribution >= 4 is 34.9 Å². The Morgan fingerprint density at radius 1 is 1.03 bits per heavy atom. The molecule has 4 bridgehead atoms. The van der Waals surface area contributed by atoms with Crippen molar-refractivity contribution < 1.29 is 14.3 Å². The maximum atomic E-state index is 13.1. The normalized spacial score (nSPS) is 30.3. The summed E-state index contributed by atoms with van der Waals surface area (Å²) in [4.78, 5) is 33.0. The van der Waals surface area contributed by atoms with Crippen LogP contribution in [0.1, 0.15) is 79.8 Å². The van der Waals surface area contributed by atoms with Crippen molar-refractivity contribution in [3.05, 3.63) is 64.1 Å². The summed E-state index contributed by atoms with van der Waals surface area (Å²) in [5.74, 6) is 2.03. The van der Waals surface area contributed by atoms with E-state index in [1.807, 2.05) is 25.1 Å². The molecule has 0 unspecified atom stereocenters. The highest BCUT2D eigenvalue weighted by Crippen LogP contribution is 2.61. The fourth-order valence-corrected chi connectivity index (χ4v) is 9.36. The van der Waals surface area contributed by atoms with E-state index in [4.69, 9.17) is 4.74 Å². The predicted octanol–water partition coefficient (Wildman–Crippen LogP) is 7.06. The molecule has 5 fully saturated rings. The molecule has 4 aliphatic carbocycles. The Balaban J connectivity index is 1.22. The highest BCUT2D eigenvalue weighted by Gasteiger charge is 2.52. The van der Waals surface area contributed by atoms with E-state index in [1.54, 1.807) is 0 Å². The van der Waals surface area contributed by atoms with Gasteiger partial charge >= 0.3 is 5.97 Å². The van der Waals surface area contributed by atoms with E-state index in [1.165, 1.54) is 55.9 Å². The van der Waals surface area contributed by atoms with Crippen molar-refractivity contribution in [3.63, 3.8) is 0 Å². The van der Waals surface area contributed by atoms with E-state index in [2.05, 4.69) is 40.2 Å². The van der Waals surface area contributed by atoms with Gasteiger partial charge in [-0.25, -0.2) is 4.79 Å². The summed E-state index contributed by atoms with van der Waals surface area (Å²) in [5.41, 5.74) is 5.25. The van der Waals surface area contributed by atoms with Crippen LogP contribution in [0.4, 0.5) is 0 Å². The number of carbonyl (C=O) groups is 2. The fourth-order valence-electron chi connectivity index (χ4n) is 8.39. The van der Waals surface area contributed by atoms with Crippen LogP contribution in [-0.4, -0.2) is 41.6 Å². The topological polar surface area (TPSA) is 59.0 Å². The summed E-state index contributed by atoms with van der Waals surface area (Å²) in [6.07, 6.45) is 12.0. The number of hydrogen-bond donors (Lipinski definition) is 0. The summed E-state index contributed by atoms with van der Waals surface area (Å²) in [5, 5.41) is 0.842. The van der Waals surface area contributed by atoms with Gasteiger partial charge < -0.3 is 9.64 Å². The smallest absolute Gasteiger partial charge is 0.338 e. The van der Waals surface area contributed by atoms with Crippen LogP contribution in [0, 0.1) is 17.8 Å². The lowest BCUT2D eigenvalue weighted by molar-refractivity contribution is -0.113. The van der Waals surface area contributed by atoms with Gasteiger partial charge in [0.1, 0.15) is 0 Å². The average Bonchev–Trinajstić information content (AvgIpc) is 3.58. The van der Waals surface area contributed by atoms with E-state index in [0.717, 1.165) is 71.1 Å². The lowest BCUT2D eigenvalue weighted by atomic mass is 9.47. The summed E-state index contributed by atoms with van der Waals surface area (Å²) in [6.45, 7) is 4.23. The molecule has 2 heterocycles. The number of thioether (sulfide) groups is 1. The Labute approximate surface area is 235 Å². The zero-order chi connectivity index (χ0) is 26.6. The monoisotopic (exact) mass is 540 g/mol. The van der Waals surface area contributed by atoms with Gasteiger partial charge in [-0.15, -0.1) is 0 Å². The van der Waals surface area contributed by atoms with Gasteiger partial charge in [0.15, 0.2) is 5.17 Å². The third kappa shape index (κ3) is 4.65. The molecule has 2 aromatic carbocycles. The molecule has 5 nitrogen and oxygen atoms in total. The van der Waals surface area contributed by atoms with E-state index in [9.17, 15) is 9.59 Å². The van der Waals surface area contributed by atoms with Gasteiger partial charge in [0, 0.05) is 13.1 Å². The molecule has 0 atom stereocenters. The molecule has 8 rings (SSSR count). The Morgan fingerprint density at radius 2 is 1.72 bits per heavy atom. The van der Waals surface area contributed by atoms with Crippen LogP contribution in [0.3, 0.4) is 0 Å². The molecule has 1 amide bonds. The number of ether oxygens (including phenoxy) is 1. The lowest BCUT2D eigenvalue weighted by Crippen LogP contribution is -2.49. The zero-order valence-electron chi connectivity index (χ0n) is 22.7. The molecule has 0 aromatic heterocycles. The molecule has 1 saturated heterocycles. The Kier molecular flexibility index (Phi) is 6.42. The molecule has 39 heavy (non-hydrogen) atoms. The minimum Gasteiger partial charge on any atom is -0.462 e. The minimum atomic E-state index is -0.196. The number of esters is 1. The highest BCUT2D eigenvalue weighted by molar-refractivity contribution is 8.18. The van der Waals surface area contributed by atoms with Gasteiger partial charge in [-0.3, -0.25) is 4.79 Å². The van der Waals surface area contributed by atoms with E-state index in [-0.39, 0.29) is 17.3 Å². The predicted molar refractivity (Wildman–Crippen MR) is 157 cm³/mol. The largest absolute Gasteiger partial charge is 0.462 e. The van der Waals surface area contributed by atoms with Gasteiger partial charge in [-0.05, 0) is 140 Å². The van der Waals surface area contributed by atoms with Gasteiger partial charge in [0.2, 0.25) is 0 Å². The van der Waals surface area contributed by atoms with E-state index >= 15 is 0 Å². The van der Waals surface area contributed by atoms with Crippen LogP contribution in [0.5, 0.6) is 0 Å². The van der Waals surface area contributed by atoms with Crippen molar-refractivity contribution in [2.75, 3.05) is 19.7 Å². The first kappa shape index (κ1) is 25.1. The molecule has 0 N–H and O–H groups in total. The van der Waals surface area contributed by atoms with Crippen molar-refractivity contribution in [3.8, 4) is 11.1 Å². The third-order valence-corrected chi connectivity index (χ3v) is 10.7. The first-order chi connectivity index (χ1) is 19.0. The lowest BCUT2D eigenvalue weighted by Gasteiger charge is -2.57. The third-order valence-electron chi connectivity index (χ3n) is 9.63. The van der Waals surface area contributed by atoms with Crippen LogP contribution in [0.25, 0.3) is 17.2 Å². The second kappa shape index (κ2) is 9.96. The number of nitrogens with zero attached hydrogens (tertiary/aromatic N) is 2. The standard InChI is InChI=1S/C33H36N2O3S/c1-2-38-31(37)27-9-8-26(17-28(27)33-18-22-12-23(19-33)14-24(13-22)20-33)25-7-5-6-21(15-25)16-29-30(36)34-32(39-29)35-10-3-4-11-35/h5-9,15-17,22-24H,2-4,10-14,18-20H2,1H3/b29-16-. The Morgan fingerprint density at radius 3 is 2.41 bits per heavy atom. The average molecular weight is 541 g/mol. The molecule has 4 saturated carbocycles. The second-order valence-electron chi connectivity index (χ2n) is 12.3. The number of aliphatic imine (C=N–C) groups is 1. The number of benzene rings is 2. The molecule has 0 radical (unpaired) electrons. The first-order valence-corrected chi connectivity index (χ1v) is 15.5. The van der Waals surface area contributed by atoms with Crippen molar-refractivity contribution in [1.82, 2.24) is 4.90 Å². The van der Waals surface area contributed by atoms with E-state index in [0.29, 0.717) is 11.5 Å². The molecule has 6 heteroatoms.